The molecule has 1 aliphatic heterocycles. The Balaban J connectivity index is 1.49. The molecule has 1 N–H and O–H groups in total. The van der Waals surface area contributed by atoms with Crippen LogP contribution >= 0.6 is 0 Å². The molecule has 1 aromatic heterocycles. The molecular weight excluding hydrogens is 366 g/mol. The first-order chi connectivity index (χ1) is 13.8. The van der Waals surface area contributed by atoms with Gasteiger partial charge < -0.3 is 19.6 Å². The Bertz CT molecular complexity index is 783. The van der Waals surface area contributed by atoms with Crippen LogP contribution in [0.25, 0.3) is 0 Å². The number of nitrogens with zero attached hydrogens (tertiary/aromatic N) is 5. The number of hydrogen-bond acceptors (Lipinski definition) is 7. The van der Waals surface area contributed by atoms with Gasteiger partial charge in [0.05, 0.1) is 5.60 Å². The number of ether oxygens (including phenoxy) is 1. The van der Waals surface area contributed by atoms with Gasteiger partial charge >= 0.3 is 0 Å². The summed E-state index contributed by atoms with van der Waals surface area (Å²) in [5, 5.41) is 11.1. The number of β-amino-alcohol motifs (C(OH)–C–C–N with tert-alkyl or cyclic N) is 1. The molecule has 0 radical (unpaired) electrons. The maximum absolute atomic E-state index is 11.1. The van der Waals surface area contributed by atoms with Gasteiger partial charge in [-0.2, -0.15) is 0 Å². The van der Waals surface area contributed by atoms with Crippen LogP contribution in [0.15, 0.2) is 36.7 Å². The third kappa shape index (κ3) is 6.39. The van der Waals surface area contributed by atoms with Crippen LogP contribution in [-0.2, 0) is 6.54 Å². The topological polar surface area (TPSA) is 65.0 Å². The zero-order valence-electron chi connectivity index (χ0n) is 18.0. The molecule has 1 aromatic carbocycles. The molecule has 1 saturated heterocycles. The molecule has 2 aromatic rings. The summed E-state index contributed by atoms with van der Waals surface area (Å²) in [6, 6.07) is 10.2. The highest BCUT2D eigenvalue weighted by Crippen LogP contribution is 2.26. The van der Waals surface area contributed by atoms with E-state index < -0.39 is 5.60 Å². The van der Waals surface area contributed by atoms with Crippen LogP contribution in [0, 0.1) is 6.92 Å². The monoisotopic (exact) mass is 399 g/mol. The number of anilines is 1. The maximum atomic E-state index is 11.1. The molecule has 3 rings (SSSR count). The Kier molecular flexibility index (Phi) is 7.05. The molecule has 0 spiro atoms. The Hall–Kier alpha value is -2.22. The first-order valence-electron chi connectivity index (χ1n) is 10.1. The quantitative estimate of drug-likeness (QED) is 0.690. The highest BCUT2D eigenvalue weighted by atomic mass is 16.5. The third-order valence-corrected chi connectivity index (χ3v) is 5.19. The Morgan fingerprint density at radius 3 is 2.62 bits per heavy atom. The normalized spacial score (nSPS) is 19.3. The van der Waals surface area contributed by atoms with Crippen LogP contribution < -0.4 is 9.64 Å². The molecule has 29 heavy (non-hydrogen) atoms. The zero-order chi connectivity index (χ0) is 20.9. The van der Waals surface area contributed by atoms with E-state index in [0.29, 0.717) is 19.7 Å². The van der Waals surface area contributed by atoms with Gasteiger partial charge in [0.1, 0.15) is 24.5 Å². The number of likely N-dealkylation sites (N-methyl/N-ethyl adjacent to an activating group) is 2. The predicted molar refractivity (Wildman–Crippen MR) is 115 cm³/mol. The van der Waals surface area contributed by atoms with Gasteiger partial charge in [-0.1, -0.05) is 12.1 Å². The van der Waals surface area contributed by atoms with Crippen molar-refractivity contribution in [1.29, 1.82) is 0 Å². The molecule has 1 atom stereocenters. The van der Waals surface area contributed by atoms with Crippen LogP contribution in [-0.4, -0.2) is 84.4 Å². The van der Waals surface area contributed by atoms with Gasteiger partial charge in [0.15, 0.2) is 0 Å². The van der Waals surface area contributed by atoms with Gasteiger partial charge in [-0.15, -0.1) is 0 Å². The molecule has 7 nitrogen and oxygen atoms in total. The first kappa shape index (κ1) is 21.5. The molecule has 0 bridgehead atoms. The SMILES string of the molecule is Cc1cc(N2CCC(O)(CN(C)Cc3ccc(OCCN(C)C)cc3)C2)ncn1. The molecule has 0 saturated carbocycles. The molecule has 0 aliphatic carbocycles. The summed E-state index contributed by atoms with van der Waals surface area (Å²) < 4.78 is 5.75. The summed E-state index contributed by atoms with van der Waals surface area (Å²) in [4.78, 5) is 14.9. The lowest BCUT2D eigenvalue weighted by molar-refractivity contribution is 0.0279. The average molecular weight is 400 g/mol. The minimum Gasteiger partial charge on any atom is -0.492 e. The highest BCUT2D eigenvalue weighted by Gasteiger charge is 2.37. The fourth-order valence-electron chi connectivity index (χ4n) is 3.70. The van der Waals surface area contributed by atoms with Crippen molar-refractivity contribution in [2.75, 3.05) is 58.8 Å². The summed E-state index contributed by atoms with van der Waals surface area (Å²) >= 11 is 0. The second kappa shape index (κ2) is 9.52. The molecule has 1 aliphatic rings. The van der Waals surface area contributed by atoms with E-state index in [1.54, 1.807) is 6.33 Å². The second-order valence-corrected chi connectivity index (χ2v) is 8.38. The van der Waals surface area contributed by atoms with Crippen molar-refractivity contribution >= 4 is 5.82 Å². The van der Waals surface area contributed by atoms with Gasteiger partial charge in [0, 0.05) is 44.5 Å². The lowest BCUT2D eigenvalue weighted by Crippen LogP contribution is -2.43. The van der Waals surface area contributed by atoms with E-state index in [2.05, 4.69) is 43.8 Å². The summed E-state index contributed by atoms with van der Waals surface area (Å²) in [5.41, 5.74) is 1.41. The van der Waals surface area contributed by atoms with Gasteiger partial charge in [0.25, 0.3) is 0 Å². The van der Waals surface area contributed by atoms with Crippen molar-refractivity contribution in [3.05, 3.63) is 47.9 Å². The van der Waals surface area contributed by atoms with Crippen molar-refractivity contribution in [2.24, 2.45) is 0 Å². The van der Waals surface area contributed by atoms with E-state index in [4.69, 9.17) is 4.74 Å². The zero-order valence-corrected chi connectivity index (χ0v) is 18.0. The minimum absolute atomic E-state index is 0.590. The van der Waals surface area contributed by atoms with E-state index in [0.717, 1.165) is 43.3 Å². The van der Waals surface area contributed by atoms with Crippen molar-refractivity contribution in [2.45, 2.75) is 25.5 Å². The molecule has 0 amide bonds. The number of aliphatic hydroxyl groups is 1. The standard InChI is InChI=1S/C22H33N5O2/c1-18-13-21(24-17-23-18)27-10-9-22(28,16-27)15-26(4)14-19-5-7-20(8-6-19)29-12-11-25(2)3/h5-8,13,17,28H,9-12,14-16H2,1-4H3. The second-order valence-electron chi connectivity index (χ2n) is 8.38. The number of aryl methyl sites for hydroxylation is 1. The summed E-state index contributed by atoms with van der Waals surface area (Å²) in [6.45, 7) is 6.34. The van der Waals surface area contributed by atoms with Crippen LogP contribution in [0.3, 0.4) is 0 Å². The van der Waals surface area contributed by atoms with Gasteiger partial charge in [-0.05, 0) is 52.2 Å². The Morgan fingerprint density at radius 2 is 1.93 bits per heavy atom. The number of aromatic nitrogens is 2. The fraction of sp³-hybridized carbons (Fsp3) is 0.545. The van der Waals surface area contributed by atoms with Gasteiger partial charge in [0.2, 0.25) is 0 Å². The van der Waals surface area contributed by atoms with E-state index in [-0.39, 0.29) is 0 Å². The molecule has 7 heteroatoms. The largest absolute Gasteiger partial charge is 0.492 e. The van der Waals surface area contributed by atoms with Crippen molar-refractivity contribution in [3.63, 3.8) is 0 Å². The summed E-state index contributed by atoms with van der Waals surface area (Å²) in [5.74, 6) is 1.78. The van der Waals surface area contributed by atoms with Crippen molar-refractivity contribution in [1.82, 2.24) is 19.8 Å². The van der Waals surface area contributed by atoms with E-state index in [1.165, 1.54) is 5.56 Å². The molecule has 1 fully saturated rings. The summed E-state index contributed by atoms with van der Waals surface area (Å²) in [7, 11) is 6.12. The molecule has 158 valence electrons. The lowest BCUT2D eigenvalue weighted by atomic mass is 10.0. The van der Waals surface area contributed by atoms with Crippen LogP contribution in [0.2, 0.25) is 0 Å². The van der Waals surface area contributed by atoms with E-state index in [9.17, 15) is 5.11 Å². The lowest BCUT2D eigenvalue weighted by Gasteiger charge is -2.29. The highest BCUT2D eigenvalue weighted by molar-refractivity contribution is 5.41. The number of benzene rings is 1. The third-order valence-electron chi connectivity index (χ3n) is 5.19. The van der Waals surface area contributed by atoms with Crippen LogP contribution in [0.1, 0.15) is 17.7 Å². The smallest absolute Gasteiger partial charge is 0.132 e. The summed E-state index contributed by atoms with van der Waals surface area (Å²) in [6.07, 6.45) is 2.32. The Morgan fingerprint density at radius 1 is 1.17 bits per heavy atom. The van der Waals surface area contributed by atoms with E-state index in [1.807, 2.05) is 39.2 Å². The number of hydrogen-bond donors (Lipinski definition) is 1. The molecule has 2 heterocycles. The van der Waals surface area contributed by atoms with Crippen molar-refractivity contribution in [3.8, 4) is 5.75 Å². The van der Waals surface area contributed by atoms with Crippen molar-refractivity contribution < 1.29 is 9.84 Å². The van der Waals surface area contributed by atoms with E-state index >= 15 is 0 Å². The van der Waals surface area contributed by atoms with Crippen LogP contribution in [0.4, 0.5) is 5.82 Å². The minimum atomic E-state index is -0.733. The molecular formula is C22H33N5O2. The Labute approximate surface area is 173 Å². The van der Waals surface area contributed by atoms with Gasteiger partial charge in [-0.25, -0.2) is 9.97 Å². The average Bonchev–Trinajstić information content (AvgIpc) is 3.04. The first-order valence-corrected chi connectivity index (χ1v) is 10.1. The number of rotatable bonds is 9. The van der Waals surface area contributed by atoms with Crippen LogP contribution in [0.5, 0.6) is 5.75 Å². The fourth-order valence-corrected chi connectivity index (χ4v) is 3.70. The molecule has 1 unspecified atom stereocenters. The van der Waals surface area contributed by atoms with Gasteiger partial charge in [-0.3, -0.25) is 4.90 Å². The predicted octanol–water partition coefficient (Wildman–Crippen LogP) is 1.80. The maximum Gasteiger partial charge on any atom is 0.132 e.